The first kappa shape index (κ1) is 19.8. The molecule has 1 heterocycles. The van der Waals surface area contributed by atoms with Crippen LogP contribution in [-0.2, 0) is 11.2 Å². The maximum Gasteiger partial charge on any atom is 0.227 e. The molecule has 0 fully saturated rings. The average molecular weight is 419 g/mol. The molecule has 1 N–H and O–H groups in total. The monoisotopic (exact) mass is 419 g/mol. The van der Waals surface area contributed by atoms with Gasteiger partial charge in [-0.3, -0.25) is 4.79 Å². The van der Waals surface area contributed by atoms with E-state index in [0.717, 1.165) is 15.5 Å². The van der Waals surface area contributed by atoms with Gasteiger partial charge in [0, 0.05) is 28.2 Å². The molecule has 1 amide bonds. The number of amides is 1. The molecule has 150 valence electrons. The number of nitrogens with one attached hydrogen (secondary N) is 1. The molecule has 0 aliphatic rings. The van der Waals surface area contributed by atoms with Crippen molar-refractivity contribution in [3.8, 4) is 11.4 Å². The average Bonchev–Trinajstić information content (AvgIpc) is 3.24. The molecule has 0 bridgehead atoms. The zero-order valence-electron chi connectivity index (χ0n) is 15.9. The molecule has 0 saturated heterocycles. The molecular formula is C23H18FN3O2S. The molecule has 3 aromatic carbocycles. The van der Waals surface area contributed by atoms with Crippen LogP contribution >= 0.6 is 11.8 Å². The number of halogens is 1. The third kappa shape index (κ3) is 5.12. The van der Waals surface area contributed by atoms with Crippen molar-refractivity contribution in [1.82, 2.24) is 10.1 Å². The van der Waals surface area contributed by atoms with Gasteiger partial charge < -0.3 is 9.84 Å². The minimum absolute atomic E-state index is 0.141. The van der Waals surface area contributed by atoms with E-state index >= 15 is 0 Å². The summed E-state index contributed by atoms with van der Waals surface area (Å²) >= 11 is 1.59. The lowest BCUT2D eigenvalue weighted by Gasteiger charge is -2.10. The molecule has 30 heavy (non-hydrogen) atoms. The summed E-state index contributed by atoms with van der Waals surface area (Å²) in [5.41, 5.74) is 1.41. The third-order valence-electron chi connectivity index (χ3n) is 4.27. The van der Waals surface area contributed by atoms with Gasteiger partial charge >= 0.3 is 0 Å². The Bertz CT molecular complexity index is 1130. The van der Waals surface area contributed by atoms with Gasteiger partial charge in [0.15, 0.2) is 0 Å². The Morgan fingerprint density at radius 1 is 0.967 bits per heavy atom. The standard InChI is InChI=1S/C23H18FN3O2S/c24-17-12-10-16(11-13-17)23-26-22(29-27-23)15-14-21(28)25-19-8-4-5-9-20(19)30-18-6-2-1-3-7-18/h1-13H,14-15H2,(H,25,28). The quantitative estimate of drug-likeness (QED) is 0.422. The Kier molecular flexibility index (Phi) is 6.20. The molecule has 0 spiro atoms. The molecule has 7 heteroatoms. The summed E-state index contributed by atoms with van der Waals surface area (Å²) in [6, 6.07) is 23.5. The van der Waals surface area contributed by atoms with Crippen molar-refractivity contribution >= 4 is 23.4 Å². The zero-order chi connectivity index (χ0) is 20.8. The van der Waals surface area contributed by atoms with Gasteiger partial charge in [0.2, 0.25) is 17.6 Å². The van der Waals surface area contributed by atoms with Crippen molar-refractivity contribution in [2.24, 2.45) is 0 Å². The van der Waals surface area contributed by atoms with E-state index in [1.165, 1.54) is 12.1 Å². The number of aryl methyl sites for hydroxylation is 1. The smallest absolute Gasteiger partial charge is 0.227 e. The minimum Gasteiger partial charge on any atom is -0.339 e. The number of para-hydroxylation sites is 1. The molecule has 1 aromatic heterocycles. The summed E-state index contributed by atoms with van der Waals surface area (Å²) in [5.74, 6) is 0.258. The highest BCUT2D eigenvalue weighted by atomic mass is 32.2. The predicted molar refractivity (Wildman–Crippen MR) is 114 cm³/mol. The number of anilines is 1. The van der Waals surface area contributed by atoms with E-state index in [9.17, 15) is 9.18 Å². The Balaban J connectivity index is 1.36. The van der Waals surface area contributed by atoms with Crippen LogP contribution < -0.4 is 5.32 Å². The molecule has 5 nitrogen and oxygen atoms in total. The van der Waals surface area contributed by atoms with E-state index in [2.05, 4.69) is 15.5 Å². The van der Waals surface area contributed by atoms with Gasteiger partial charge in [0.05, 0.1) is 5.69 Å². The molecule has 0 aliphatic heterocycles. The second-order valence-electron chi connectivity index (χ2n) is 6.48. The van der Waals surface area contributed by atoms with Gasteiger partial charge in [0.1, 0.15) is 5.82 Å². The van der Waals surface area contributed by atoms with Gasteiger partial charge in [0.25, 0.3) is 0 Å². The van der Waals surface area contributed by atoms with Gasteiger partial charge in [-0.05, 0) is 48.5 Å². The van der Waals surface area contributed by atoms with Crippen LogP contribution in [0.2, 0.25) is 0 Å². The lowest BCUT2D eigenvalue weighted by Crippen LogP contribution is -2.13. The lowest BCUT2D eigenvalue weighted by atomic mass is 10.2. The van der Waals surface area contributed by atoms with Crippen LogP contribution in [0, 0.1) is 5.82 Å². The molecule has 4 rings (SSSR count). The number of benzene rings is 3. The Hall–Kier alpha value is -3.45. The van der Waals surface area contributed by atoms with Crippen LogP contribution in [0.4, 0.5) is 10.1 Å². The fourth-order valence-corrected chi connectivity index (χ4v) is 3.70. The highest BCUT2D eigenvalue weighted by Gasteiger charge is 2.12. The van der Waals surface area contributed by atoms with Crippen LogP contribution in [0.5, 0.6) is 0 Å². The van der Waals surface area contributed by atoms with E-state index in [4.69, 9.17) is 4.52 Å². The van der Waals surface area contributed by atoms with Crippen molar-refractivity contribution in [2.45, 2.75) is 22.6 Å². The molecule has 0 radical (unpaired) electrons. The number of rotatable bonds is 7. The third-order valence-corrected chi connectivity index (χ3v) is 5.35. The van der Waals surface area contributed by atoms with E-state index < -0.39 is 0 Å². The summed E-state index contributed by atoms with van der Waals surface area (Å²) in [4.78, 5) is 18.8. The maximum atomic E-state index is 13.0. The first-order valence-electron chi connectivity index (χ1n) is 9.38. The van der Waals surface area contributed by atoms with Crippen molar-refractivity contribution in [3.05, 3.63) is 90.6 Å². The number of aromatic nitrogens is 2. The van der Waals surface area contributed by atoms with E-state index in [-0.39, 0.29) is 18.1 Å². The topological polar surface area (TPSA) is 68.0 Å². The second-order valence-corrected chi connectivity index (χ2v) is 7.59. The fraction of sp³-hybridized carbons (Fsp3) is 0.0870. The number of carbonyl (C=O) groups is 1. The predicted octanol–water partition coefficient (Wildman–Crippen LogP) is 5.60. The summed E-state index contributed by atoms with van der Waals surface area (Å²) < 4.78 is 18.3. The molecule has 0 aliphatic carbocycles. The lowest BCUT2D eigenvalue weighted by molar-refractivity contribution is -0.116. The molecule has 0 saturated carbocycles. The van der Waals surface area contributed by atoms with Crippen molar-refractivity contribution in [2.75, 3.05) is 5.32 Å². The van der Waals surface area contributed by atoms with Gasteiger partial charge in [-0.15, -0.1) is 0 Å². The first-order chi connectivity index (χ1) is 14.7. The number of hydrogen-bond acceptors (Lipinski definition) is 5. The van der Waals surface area contributed by atoms with Crippen LogP contribution in [0.3, 0.4) is 0 Å². The first-order valence-corrected chi connectivity index (χ1v) is 10.2. The second kappa shape index (κ2) is 9.37. The van der Waals surface area contributed by atoms with Crippen LogP contribution in [0.1, 0.15) is 12.3 Å². The normalized spacial score (nSPS) is 10.7. The fourth-order valence-electron chi connectivity index (χ4n) is 2.78. The summed E-state index contributed by atoms with van der Waals surface area (Å²) in [7, 11) is 0. The summed E-state index contributed by atoms with van der Waals surface area (Å²) in [5, 5.41) is 6.85. The highest BCUT2D eigenvalue weighted by Crippen LogP contribution is 2.33. The molecular weight excluding hydrogens is 401 g/mol. The van der Waals surface area contributed by atoms with Crippen molar-refractivity contribution in [1.29, 1.82) is 0 Å². The van der Waals surface area contributed by atoms with E-state index in [1.54, 1.807) is 23.9 Å². The zero-order valence-corrected chi connectivity index (χ0v) is 16.7. The largest absolute Gasteiger partial charge is 0.339 e. The summed E-state index contributed by atoms with van der Waals surface area (Å²) in [6.07, 6.45) is 0.517. The molecule has 0 atom stereocenters. The Morgan fingerprint density at radius 2 is 1.70 bits per heavy atom. The number of carbonyl (C=O) groups excluding carboxylic acids is 1. The molecule has 4 aromatic rings. The SMILES string of the molecule is O=C(CCc1nc(-c2ccc(F)cc2)no1)Nc1ccccc1Sc1ccccc1. The van der Waals surface area contributed by atoms with Crippen LogP contribution in [0.25, 0.3) is 11.4 Å². The number of nitrogens with zero attached hydrogens (tertiary/aromatic N) is 2. The van der Waals surface area contributed by atoms with Gasteiger partial charge in [-0.1, -0.05) is 47.3 Å². The van der Waals surface area contributed by atoms with Gasteiger partial charge in [-0.25, -0.2) is 4.39 Å². The maximum absolute atomic E-state index is 13.0. The van der Waals surface area contributed by atoms with Crippen LogP contribution in [-0.4, -0.2) is 16.0 Å². The van der Waals surface area contributed by atoms with Crippen LogP contribution in [0.15, 0.2) is 93.2 Å². The highest BCUT2D eigenvalue weighted by molar-refractivity contribution is 7.99. The molecule has 0 unspecified atom stereocenters. The van der Waals surface area contributed by atoms with E-state index in [0.29, 0.717) is 23.7 Å². The number of hydrogen-bond donors (Lipinski definition) is 1. The van der Waals surface area contributed by atoms with E-state index in [1.807, 2.05) is 54.6 Å². The van der Waals surface area contributed by atoms with Gasteiger partial charge in [-0.2, -0.15) is 4.98 Å². The minimum atomic E-state index is -0.329. The summed E-state index contributed by atoms with van der Waals surface area (Å²) in [6.45, 7) is 0. The van der Waals surface area contributed by atoms with Crippen molar-refractivity contribution < 1.29 is 13.7 Å². The van der Waals surface area contributed by atoms with Crippen molar-refractivity contribution in [3.63, 3.8) is 0 Å². The Labute approximate surface area is 177 Å². The Morgan fingerprint density at radius 3 is 2.50 bits per heavy atom.